The number of carbonyl (C=O) groups excluding carboxylic acids is 1. The number of rotatable bonds is 4. The molecule has 0 heterocycles. The Morgan fingerprint density at radius 3 is 2.47 bits per heavy atom. The Labute approximate surface area is 86.6 Å². The second kappa shape index (κ2) is 5.79. The lowest BCUT2D eigenvalue weighted by Gasteiger charge is -2.25. The molecular formula is C8H16F3N3O. The summed E-state index contributed by atoms with van der Waals surface area (Å²) in [5, 5.41) is 1.78. The third kappa shape index (κ3) is 6.16. The molecule has 1 atom stereocenters. The first-order valence-corrected chi connectivity index (χ1v) is 4.55. The molecule has 0 spiro atoms. The van der Waals surface area contributed by atoms with E-state index >= 15 is 0 Å². The molecule has 0 rings (SSSR count). The summed E-state index contributed by atoms with van der Waals surface area (Å²) in [5.41, 5.74) is 5.27. The maximum atomic E-state index is 11.8. The summed E-state index contributed by atoms with van der Waals surface area (Å²) in [7, 11) is 1.44. The summed E-state index contributed by atoms with van der Waals surface area (Å²) in [6, 6.07) is -0.920. The predicted octanol–water partition coefficient (Wildman–Crippen LogP) is 0.927. The van der Waals surface area contributed by atoms with Crippen molar-refractivity contribution in [2.24, 2.45) is 5.73 Å². The summed E-state index contributed by atoms with van der Waals surface area (Å²) in [5.74, 6) is 0. The molecule has 0 saturated carbocycles. The Hall–Kier alpha value is -0.980. The monoisotopic (exact) mass is 227 g/mol. The van der Waals surface area contributed by atoms with Crippen LogP contribution in [0.1, 0.15) is 13.3 Å². The molecule has 0 aliphatic carbocycles. The minimum absolute atomic E-state index is 0.178. The standard InChI is InChI=1S/C8H16F3N3O/c1-6(3-4-12)14(2)7(15)13-5-8(9,10)11/h6H,3-5,12H2,1-2H3,(H,13,15). The molecule has 0 aromatic heterocycles. The number of nitrogens with one attached hydrogen (secondary N) is 1. The second-order valence-corrected chi connectivity index (χ2v) is 3.31. The lowest BCUT2D eigenvalue weighted by molar-refractivity contribution is -0.123. The van der Waals surface area contributed by atoms with E-state index in [1.54, 1.807) is 12.2 Å². The number of halogens is 3. The van der Waals surface area contributed by atoms with Gasteiger partial charge in [-0.25, -0.2) is 4.79 Å². The Morgan fingerprint density at radius 2 is 2.07 bits per heavy atom. The lowest BCUT2D eigenvalue weighted by Crippen LogP contribution is -2.45. The third-order valence-corrected chi connectivity index (χ3v) is 2.01. The summed E-state index contributed by atoms with van der Waals surface area (Å²) >= 11 is 0. The number of nitrogens with zero attached hydrogens (tertiary/aromatic N) is 1. The molecule has 0 aliphatic rings. The Morgan fingerprint density at radius 1 is 1.53 bits per heavy atom. The quantitative estimate of drug-likeness (QED) is 0.750. The number of alkyl halides is 3. The Bertz CT molecular complexity index is 208. The van der Waals surface area contributed by atoms with E-state index in [1.165, 1.54) is 11.9 Å². The smallest absolute Gasteiger partial charge is 0.330 e. The molecule has 0 radical (unpaired) electrons. The zero-order valence-electron chi connectivity index (χ0n) is 8.77. The van der Waals surface area contributed by atoms with Crippen LogP contribution in [-0.4, -0.2) is 43.3 Å². The van der Waals surface area contributed by atoms with E-state index in [9.17, 15) is 18.0 Å². The molecule has 3 N–H and O–H groups in total. The summed E-state index contributed by atoms with van der Waals surface area (Å²) in [4.78, 5) is 12.4. The van der Waals surface area contributed by atoms with Crippen molar-refractivity contribution < 1.29 is 18.0 Å². The van der Waals surface area contributed by atoms with Gasteiger partial charge in [-0.3, -0.25) is 0 Å². The molecule has 0 bridgehead atoms. The van der Waals surface area contributed by atoms with E-state index in [0.29, 0.717) is 13.0 Å². The SMILES string of the molecule is CC(CCN)N(C)C(=O)NCC(F)(F)F. The molecular weight excluding hydrogens is 211 g/mol. The maximum absolute atomic E-state index is 11.8. The zero-order chi connectivity index (χ0) is 12.1. The molecule has 2 amide bonds. The highest BCUT2D eigenvalue weighted by Crippen LogP contribution is 2.12. The first-order valence-electron chi connectivity index (χ1n) is 4.55. The first-order chi connectivity index (χ1) is 6.78. The fourth-order valence-electron chi connectivity index (χ4n) is 0.936. The molecule has 0 aromatic carbocycles. The van der Waals surface area contributed by atoms with Crippen LogP contribution in [0.5, 0.6) is 0 Å². The van der Waals surface area contributed by atoms with Gasteiger partial charge in [0.2, 0.25) is 0 Å². The van der Waals surface area contributed by atoms with Crippen molar-refractivity contribution in [3.8, 4) is 0 Å². The fourth-order valence-corrected chi connectivity index (χ4v) is 0.936. The minimum Gasteiger partial charge on any atom is -0.330 e. The van der Waals surface area contributed by atoms with Crippen LogP contribution >= 0.6 is 0 Å². The molecule has 15 heavy (non-hydrogen) atoms. The van der Waals surface area contributed by atoms with Crippen LogP contribution in [0.25, 0.3) is 0 Å². The van der Waals surface area contributed by atoms with Crippen LogP contribution in [0, 0.1) is 0 Å². The highest BCUT2D eigenvalue weighted by atomic mass is 19.4. The number of urea groups is 1. The highest BCUT2D eigenvalue weighted by Gasteiger charge is 2.28. The van der Waals surface area contributed by atoms with Gasteiger partial charge in [-0.2, -0.15) is 13.2 Å². The van der Waals surface area contributed by atoms with Gasteiger partial charge in [0.05, 0.1) is 0 Å². The van der Waals surface area contributed by atoms with Gasteiger partial charge in [-0.05, 0) is 19.9 Å². The van der Waals surface area contributed by atoms with Crippen LogP contribution in [0.4, 0.5) is 18.0 Å². The third-order valence-electron chi connectivity index (χ3n) is 2.01. The lowest BCUT2D eigenvalue weighted by atomic mass is 10.2. The van der Waals surface area contributed by atoms with Crippen molar-refractivity contribution in [3.63, 3.8) is 0 Å². The molecule has 4 nitrogen and oxygen atoms in total. The van der Waals surface area contributed by atoms with Crippen molar-refractivity contribution in [2.75, 3.05) is 20.1 Å². The molecule has 0 saturated heterocycles. The van der Waals surface area contributed by atoms with Gasteiger partial charge >= 0.3 is 12.2 Å². The number of amides is 2. The number of hydrogen-bond acceptors (Lipinski definition) is 2. The average Bonchev–Trinajstić information content (AvgIpc) is 2.12. The van der Waals surface area contributed by atoms with Crippen LogP contribution < -0.4 is 11.1 Å². The maximum Gasteiger partial charge on any atom is 0.405 e. The van der Waals surface area contributed by atoms with E-state index in [2.05, 4.69) is 0 Å². The molecule has 0 aromatic rings. The molecule has 7 heteroatoms. The topological polar surface area (TPSA) is 58.4 Å². The van der Waals surface area contributed by atoms with E-state index < -0.39 is 18.8 Å². The van der Waals surface area contributed by atoms with Crippen molar-refractivity contribution in [3.05, 3.63) is 0 Å². The van der Waals surface area contributed by atoms with E-state index in [-0.39, 0.29) is 6.04 Å². The average molecular weight is 227 g/mol. The largest absolute Gasteiger partial charge is 0.405 e. The normalized spacial score (nSPS) is 13.5. The van der Waals surface area contributed by atoms with Crippen molar-refractivity contribution in [1.82, 2.24) is 10.2 Å². The van der Waals surface area contributed by atoms with Gasteiger partial charge in [-0.15, -0.1) is 0 Å². The first kappa shape index (κ1) is 14.0. The number of carbonyl (C=O) groups is 1. The zero-order valence-corrected chi connectivity index (χ0v) is 8.77. The second-order valence-electron chi connectivity index (χ2n) is 3.31. The van der Waals surface area contributed by atoms with E-state index in [4.69, 9.17) is 5.73 Å². The van der Waals surface area contributed by atoms with Crippen molar-refractivity contribution >= 4 is 6.03 Å². The summed E-state index contributed by atoms with van der Waals surface area (Å²) in [6.45, 7) is 0.795. The predicted molar refractivity (Wildman–Crippen MR) is 50.4 cm³/mol. The molecule has 90 valence electrons. The van der Waals surface area contributed by atoms with Gasteiger partial charge in [-0.1, -0.05) is 0 Å². The molecule has 0 aliphatic heterocycles. The van der Waals surface area contributed by atoms with Gasteiger partial charge in [0.1, 0.15) is 6.54 Å². The fraction of sp³-hybridized carbons (Fsp3) is 0.875. The van der Waals surface area contributed by atoms with Crippen LogP contribution in [0.3, 0.4) is 0 Å². The van der Waals surface area contributed by atoms with Crippen LogP contribution in [0.15, 0.2) is 0 Å². The molecule has 0 fully saturated rings. The van der Waals surface area contributed by atoms with E-state index in [0.717, 1.165) is 0 Å². The Kier molecular flexibility index (Phi) is 5.41. The molecule has 1 unspecified atom stereocenters. The van der Waals surface area contributed by atoms with Gasteiger partial charge in [0.15, 0.2) is 0 Å². The minimum atomic E-state index is -4.38. The van der Waals surface area contributed by atoms with Crippen molar-refractivity contribution in [1.29, 1.82) is 0 Å². The van der Waals surface area contributed by atoms with Gasteiger partial charge in [0, 0.05) is 13.1 Å². The highest BCUT2D eigenvalue weighted by molar-refractivity contribution is 5.74. The van der Waals surface area contributed by atoms with Gasteiger partial charge in [0.25, 0.3) is 0 Å². The summed E-state index contributed by atoms with van der Waals surface area (Å²) < 4.78 is 35.3. The number of hydrogen-bond donors (Lipinski definition) is 2. The van der Waals surface area contributed by atoms with Crippen LogP contribution in [0.2, 0.25) is 0 Å². The Balaban J connectivity index is 3.99. The van der Waals surface area contributed by atoms with Gasteiger partial charge < -0.3 is 16.0 Å². The summed E-state index contributed by atoms with van der Waals surface area (Å²) in [6.07, 6.45) is -3.83. The van der Waals surface area contributed by atoms with Crippen LogP contribution in [-0.2, 0) is 0 Å². The number of nitrogens with two attached hydrogens (primary N) is 1. The van der Waals surface area contributed by atoms with Crippen molar-refractivity contribution in [2.45, 2.75) is 25.6 Å². The van der Waals surface area contributed by atoms with E-state index in [1.807, 2.05) is 0 Å².